The molecule has 1 aliphatic rings. The van der Waals surface area contributed by atoms with E-state index in [4.69, 9.17) is 11.6 Å². The molecule has 0 unspecified atom stereocenters. The van der Waals surface area contributed by atoms with E-state index in [9.17, 15) is 0 Å². The summed E-state index contributed by atoms with van der Waals surface area (Å²) in [6, 6.07) is 0.712. The second kappa shape index (κ2) is 3.98. The second-order valence-corrected chi connectivity index (χ2v) is 4.41. The summed E-state index contributed by atoms with van der Waals surface area (Å²) >= 11 is 8.16. The Kier molecular flexibility index (Phi) is 3.58. The Hall–Kier alpha value is 0.980. The summed E-state index contributed by atoms with van der Waals surface area (Å²) in [5.41, 5.74) is 0. The zero-order valence-corrected chi connectivity index (χ0v) is 8.23. The SMILES string of the molecule is ClCN1CCC(I)CC1. The third kappa shape index (κ3) is 2.60. The fourth-order valence-electron chi connectivity index (χ4n) is 1.02. The van der Waals surface area contributed by atoms with Crippen molar-refractivity contribution >= 4 is 34.2 Å². The Labute approximate surface area is 74.9 Å². The fraction of sp³-hybridized carbons (Fsp3) is 1.00. The van der Waals surface area contributed by atoms with Crippen LogP contribution >= 0.6 is 34.2 Å². The standard InChI is InChI=1S/C6H11ClIN/c7-5-9-3-1-6(8)2-4-9/h6H,1-5H2. The number of halogens is 2. The lowest BCUT2D eigenvalue weighted by Gasteiger charge is -2.26. The van der Waals surface area contributed by atoms with Crippen LogP contribution in [0.15, 0.2) is 0 Å². The van der Waals surface area contributed by atoms with Crippen LogP contribution in [0.3, 0.4) is 0 Å². The molecule has 54 valence electrons. The molecule has 1 rings (SSSR count). The maximum Gasteiger partial charge on any atom is 0.0738 e. The topological polar surface area (TPSA) is 3.24 Å². The number of likely N-dealkylation sites (tertiary alicyclic amines) is 1. The number of piperidine rings is 1. The third-order valence-electron chi connectivity index (χ3n) is 1.69. The van der Waals surface area contributed by atoms with Crippen LogP contribution in [0.25, 0.3) is 0 Å². The van der Waals surface area contributed by atoms with Gasteiger partial charge < -0.3 is 0 Å². The highest BCUT2D eigenvalue weighted by Crippen LogP contribution is 2.17. The Bertz CT molecular complexity index is 81.1. The van der Waals surface area contributed by atoms with Crippen LogP contribution in [0.5, 0.6) is 0 Å². The highest BCUT2D eigenvalue weighted by Gasteiger charge is 2.14. The van der Waals surface area contributed by atoms with Crippen LogP contribution in [-0.4, -0.2) is 27.9 Å². The van der Waals surface area contributed by atoms with E-state index in [1.807, 2.05) is 0 Å². The summed E-state index contributed by atoms with van der Waals surface area (Å²) in [4.78, 5) is 2.29. The average Bonchev–Trinajstić information content (AvgIpc) is 1.90. The molecule has 0 radical (unpaired) electrons. The Morgan fingerprint density at radius 1 is 1.44 bits per heavy atom. The van der Waals surface area contributed by atoms with E-state index >= 15 is 0 Å². The molecule has 1 heterocycles. The molecule has 1 saturated heterocycles. The minimum atomic E-state index is 0.712. The minimum Gasteiger partial charge on any atom is -0.290 e. The van der Waals surface area contributed by atoms with E-state index in [1.165, 1.54) is 25.9 Å². The lowest BCUT2D eigenvalue weighted by Crippen LogP contribution is -2.32. The predicted molar refractivity (Wildman–Crippen MR) is 49.3 cm³/mol. The molecule has 9 heavy (non-hydrogen) atoms. The smallest absolute Gasteiger partial charge is 0.0738 e. The normalized spacial score (nSPS) is 24.7. The van der Waals surface area contributed by atoms with Crippen molar-refractivity contribution in [2.45, 2.75) is 16.8 Å². The summed E-state index contributed by atoms with van der Waals surface area (Å²) < 4.78 is 0.891. The summed E-state index contributed by atoms with van der Waals surface area (Å²) in [6.07, 6.45) is 2.63. The monoisotopic (exact) mass is 259 g/mol. The lowest BCUT2D eigenvalue weighted by atomic mass is 10.1. The number of rotatable bonds is 1. The van der Waals surface area contributed by atoms with Gasteiger partial charge in [0.25, 0.3) is 0 Å². The number of hydrogen-bond acceptors (Lipinski definition) is 1. The molecule has 0 spiro atoms. The molecule has 0 amide bonds. The predicted octanol–water partition coefficient (Wildman–Crippen LogP) is 2.08. The van der Waals surface area contributed by atoms with Crippen LogP contribution in [0.2, 0.25) is 0 Å². The molecule has 0 aromatic carbocycles. The van der Waals surface area contributed by atoms with Gasteiger partial charge in [-0.1, -0.05) is 22.6 Å². The summed E-state index contributed by atoms with van der Waals surface area (Å²) in [5, 5.41) is 0. The van der Waals surface area contributed by atoms with E-state index < -0.39 is 0 Å². The first-order valence-corrected chi connectivity index (χ1v) is 5.03. The van der Waals surface area contributed by atoms with Crippen molar-refractivity contribution in [2.24, 2.45) is 0 Å². The highest BCUT2D eigenvalue weighted by molar-refractivity contribution is 14.1. The van der Waals surface area contributed by atoms with Crippen molar-refractivity contribution in [3.63, 3.8) is 0 Å². The van der Waals surface area contributed by atoms with E-state index in [1.54, 1.807) is 0 Å². The largest absolute Gasteiger partial charge is 0.290 e. The maximum absolute atomic E-state index is 5.65. The van der Waals surface area contributed by atoms with Crippen molar-refractivity contribution in [2.75, 3.05) is 19.1 Å². The minimum absolute atomic E-state index is 0.712. The van der Waals surface area contributed by atoms with Gasteiger partial charge in [0, 0.05) is 17.0 Å². The van der Waals surface area contributed by atoms with E-state index in [0.29, 0.717) is 6.00 Å². The van der Waals surface area contributed by atoms with E-state index in [-0.39, 0.29) is 0 Å². The number of nitrogens with zero attached hydrogens (tertiary/aromatic N) is 1. The second-order valence-electron chi connectivity index (χ2n) is 2.41. The Morgan fingerprint density at radius 3 is 2.44 bits per heavy atom. The number of hydrogen-bond donors (Lipinski definition) is 0. The van der Waals surface area contributed by atoms with Gasteiger partial charge in [0.05, 0.1) is 6.00 Å². The molecule has 0 N–H and O–H groups in total. The molecule has 0 bridgehead atoms. The highest BCUT2D eigenvalue weighted by atomic mass is 127. The molecule has 1 nitrogen and oxygen atoms in total. The number of alkyl halides is 2. The third-order valence-corrected chi connectivity index (χ3v) is 3.27. The van der Waals surface area contributed by atoms with Crippen LogP contribution in [-0.2, 0) is 0 Å². The first-order valence-electron chi connectivity index (χ1n) is 3.25. The van der Waals surface area contributed by atoms with Crippen LogP contribution in [0.1, 0.15) is 12.8 Å². The van der Waals surface area contributed by atoms with Gasteiger partial charge >= 0.3 is 0 Å². The molecule has 0 atom stereocenters. The molecule has 3 heteroatoms. The van der Waals surface area contributed by atoms with Crippen molar-refractivity contribution in [3.05, 3.63) is 0 Å². The quantitative estimate of drug-likeness (QED) is 0.396. The first kappa shape index (κ1) is 8.08. The summed E-state index contributed by atoms with van der Waals surface area (Å²) in [6.45, 7) is 2.38. The van der Waals surface area contributed by atoms with Gasteiger partial charge in [-0.15, -0.1) is 11.6 Å². The van der Waals surface area contributed by atoms with Crippen molar-refractivity contribution < 1.29 is 0 Å². The van der Waals surface area contributed by atoms with E-state index in [0.717, 1.165) is 3.92 Å². The molecular weight excluding hydrogens is 248 g/mol. The maximum atomic E-state index is 5.65. The van der Waals surface area contributed by atoms with Crippen LogP contribution in [0.4, 0.5) is 0 Å². The van der Waals surface area contributed by atoms with Gasteiger partial charge in [-0.3, -0.25) is 4.90 Å². The van der Waals surface area contributed by atoms with Crippen molar-refractivity contribution in [1.82, 2.24) is 4.90 Å². The summed E-state index contributed by atoms with van der Waals surface area (Å²) in [7, 11) is 0. The molecule has 1 fully saturated rings. The van der Waals surface area contributed by atoms with Gasteiger partial charge in [0.1, 0.15) is 0 Å². The van der Waals surface area contributed by atoms with Gasteiger partial charge in [0.15, 0.2) is 0 Å². The Balaban J connectivity index is 2.18. The van der Waals surface area contributed by atoms with Crippen LogP contribution in [0, 0.1) is 0 Å². The van der Waals surface area contributed by atoms with Crippen molar-refractivity contribution in [1.29, 1.82) is 0 Å². The lowest BCUT2D eigenvalue weighted by molar-refractivity contribution is 0.272. The van der Waals surface area contributed by atoms with Gasteiger partial charge in [-0.25, -0.2) is 0 Å². The summed E-state index contributed by atoms with van der Waals surface area (Å²) in [5.74, 6) is 0. The molecule has 0 aromatic heterocycles. The van der Waals surface area contributed by atoms with Crippen LogP contribution < -0.4 is 0 Å². The zero-order valence-electron chi connectivity index (χ0n) is 5.32. The molecule has 0 aromatic rings. The van der Waals surface area contributed by atoms with Gasteiger partial charge in [-0.05, 0) is 12.8 Å². The Morgan fingerprint density at radius 2 is 2.00 bits per heavy atom. The van der Waals surface area contributed by atoms with Crippen molar-refractivity contribution in [3.8, 4) is 0 Å². The van der Waals surface area contributed by atoms with Gasteiger partial charge in [0.2, 0.25) is 0 Å². The average molecular weight is 260 g/mol. The van der Waals surface area contributed by atoms with Gasteiger partial charge in [-0.2, -0.15) is 0 Å². The molecular formula is C6H11ClIN. The zero-order chi connectivity index (χ0) is 6.69. The molecule has 1 aliphatic heterocycles. The molecule has 0 saturated carbocycles. The van der Waals surface area contributed by atoms with E-state index in [2.05, 4.69) is 27.5 Å². The fourth-order valence-corrected chi connectivity index (χ4v) is 1.82. The first-order chi connectivity index (χ1) is 4.33. The molecule has 0 aliphatic carbocycles.